The molecular formula is C22H19FN4OS2. The number of nitrogens with one attached hydrogen (secondary N) is 1. The fourth-order valence-electron chi connectivity index (χ4n) is 3.12. The Labute approximate surface area is 181 Å². The Hall–Kier alpha value is -2.97. The van der Waals surface area contributed by atoms with E-state index in [0.717, 1.165) is 16.5 Å². The minimum absolute atomic E-state index is 0.00216. The van der Waals surface area contributed by atoms with E-state index in [2.05, 4.69) is 15.5 Å². The number of amides is 1. The number of carbonyl (C=O) groups excluding carboxylic acids is 1. The Morgan fingerprint density at radius 1 is 1.07 bits per heavy atom. The summed E-state index contributed by atoms with van der Waals surface area (Å²) in [6, 6.07) is 20.4. The molecule has 1 amide bonds. The van der Waals surface area contributed by atoms with Crippen LogP contribution < -0.4 is 10.2 Å². The number of fused-ring (bicyclic) bond motifs is 1. The summed E-state index contributed by atoms with van der Waals surface area (Å²) in [7, 11) is 0. The van der Waals surface area contributed by atoms with Crippen LogP contribution in [0.15, 0.2) is 71.1 Å². The van der Waals surface area contributed by atoms with Crippen molar-refractivity contribution in [2.75, 3.05) is 22.5 Å². The van der Waals surface area contributed by atoms with E-state index >= 15 is 0 Å². The quantitative estimate of drug-likeness (QED) is 0.374. The van der Waals surface area contributed by atoms with E-state index < -0.39 is 0 Å². The monoisotopic (exact) mass is 438 g/mol. The van der Waals surface area contributed by atoms with Gasteiger partial charge in [-0.2, -0.15) is 0 Å². The summed E-state index contributed by atoms with van der Waals surface area (Å²) in [5, 5.41) is 13.7. The molecule has 4 aromatic rings. The Balaban J connectivity index is 1.44. The molecule has 4 rings (SSSR count). The minimum Gasteiger partial charge on any atom is -0.328 e. The average molecular weight is 439 g/mol. The van der Waals surface area contributed by atoms with Crippen LogP contribution in [0.1, 0.15) is 6.92 Å². The Morgan fingerprint density at radius 2 is 1.83 bits per heavy atom. The van der Waals surface area contributed by atoms with Crippen molar-refractivity contribution in [3.8, 4) is 0 Å². The Morgan fingerprint density at radius 3 is 2.67 bits per heavy atom. The van der Waals surface area contributed by atoms with E-state index in [1.807, 2.05) is 49.4 Å². The maximum atomic E-state index is 13.8. The molecule has 8 heteroatoms. The molecule has 0 aliphatic carbocycles. The van der Waals surface area contributed by atoms with Crippen molar-refractivity contribution in [3.63, 3.8) is 0 Å². The van der Waals surface area contributed by atoms with Gasteiger partial charge in [0.1, 0.15) is 5.82 Å². The Kier molecular flexibility index (Phi) is 6.25. The predicted octanol–water partition coefficient (Wildman–Crippen LogP) is 5.72. The highest BCUT2D eigenvalue weighted by Crippen LogP contribution is 2.30. The van der Waals surface area contributed by atoms with Gasteiger partial charge in [0, 0.05) is 11.9 Å². The lowest BCUT2D eigenvalue weighted by Gasteiger charge is -2.22. The lowest BCUT2D eigenvalue weighted by Crippen LogP contribution is -2.32. The average Bonchev–Trinajstić information content (AvgIpc) is 3.22. The molecule has 30 heavy (non-hydrogen) atoms. The molecule has 5 nitrogen and oxygen atoms in total. The number of thioether (sulfide) groups is 1. The molecule has 0 bridgehead atoms. The molecule has 0 saturated heterocycles. The van der Waals surface area contributed by atoms with Crippen molar-refractivity contribution in [1.29, 1.82) is 0 Å². The molecule has 1 N–H and O–H groups in total. The van der Waals surface area contributed by atoms with Crippen molar-refractivity contribution in [2.45, 2.75) is 11.3 Å². The summed E-state index contributed by atoms with van der Waals surface area (Å²) in [6.45, 7) is 2.54. The zero-order valence-corrected chi connectivity index (χ0v) is 17.8. The number of rotatable bonds is 7. The molecule has 0 atom stereocenters. The maximum Gasteiger partial charge on any atom is 0.237 e. The van der Waals surface area contributed by atoms with E-state index in [-0.39, 0.29) is 17.5 Å². The molecule has 3 aromatic carbocycles. The van der Waals surface area contributed by atoms with Crippen LogP contribution in [0.25, 0.3) is 10.8 Å². The second-order valence-electron chi connectivity index (χ2n) is 6.40. The fraction of sp³-hybridized carbons (Fsp3) is 0.136. The molecule has 0 fully saturated rings. The summed E-state index contributed by atoms with van der Waals surface area (Å²) in [5.41, 5.74) is 1.25. The lowest BCUT2D eigenvalue weighted by atomic mass is 10.1. The van der Waals surface area contributed by atoms with Crippen molar-refractivity contribution in [3.05, 3.63) is 72.5 Å². The molecular weight excluding hydrogens is 419 g/mol. The third-order valence-electron chi connectivity index (χ3n) is 4.52. The largest absolute Gasteiger partial charge is 0.328 e. The van der Waals surface area contributed by atoms with Gasteiger partial charge >= 0.3 is 0 Å². The van der Waals surface area contributed by atoms with E-state index in [4.69, 9.17) is 0 Å². The molecule has 0 unspecified atom stereocenters. The van der Waals surface area contributed by atoms with Crippen LogP contribution in [0.5, 0.6) is 0 Å². The van der Waals surface area contributed by atoms with Gasteiger partial charge in [0.25, 0.3) is 0 Å². The van der Waals surface area contributed by atoms with E-state index in [0.29, 0.717) is 21.7 Å². The second kappa shape index (κ2) is 9.23. The van der Waals surface area contributed by atoms with Crippen molar-refractivity contribution >= 4 is 56.3 Å². The molecule has 152 valence electrons. The van der Waals surface area contributed by atoms with Gasteiger partial charge < -0.3 is 10.2 Å². The van der Waals surface area contributed by atoms with Gasteiger partial charge in [0.05, 0.1) is 17.1 Å². The number of hydrogen-bond donors (Lipinski definition) is 1. The highest BCUT2D eigenvalue weighted by atomic mass is 32.2. The van der Waals surface area contributed by atoms with Gasteiger partial charge in [0.15, 0.2) is 4.34 Å². The zero-order chi connectivity index (χ0) is 20.9. The summed E-state index contributed by atoms with van der Waals surface area (Å²) in [5.74, 6) is -0.116. The second-order valence-corrected chi connectivity index (χ2v) is 8.60. The van der Waals surface area contributed by atoms with Gasteiger partial charge in [-0.1, -0.05) is 71.6 Å². The molecule has 0 spiro atoms. The topological polar surface area (TPSA) is 58.1 Å². The first-order chi connectivity index (χ1) is 14.7. The molecule has 0 radical (unpaired) electrons. The fourth-order valence-corrected chi connectivity index (χ4v) is 4.76. The zero-order valence-electron chi connectivity index (χ0n) is 16.2. The molecule has 0 saturated carbocycles. The third kappa shape index (κ3) is 4.44. The summed E-state index contributed by atoms with van der Waals surface area (Å²) >= 11 is 2.62. The number of benzene rings is 3. The third-order valence-corrected chi connectivity index (χ3v) is 6.47. The lowest BCUT2D eigenvalue weighted by molar-refractivity contribution is -0.116. The number of para-hydroxylation sites is 1. The number of hydrogen-bond acceptors (Lipinski definition) is 6. The standard InChI is InChI=1S/C22H19FN4OS2/c1-2-27(19-13-7-9-15-8-3-4-10-16(15)19)20(28)14-29-22-26-25-21(30-22)24-18-12-6-5-11-17(18)23/h3-13H,2,14H2,1H3,(H,24,25). The summed E-state index contributed by atoms with van der Waals surface area (Å²) in [4.78, 5) is 14.7. The normalized spacial score (nSPS) is 10.9. The van der Waals surface area contributed by atoms with Gasteiger partial charge in [-0.25, -0.2) is 4.39 Å². The van der Waals surface area contributed by atoms with Gasteiger partial charge in [-0.3, -0.25) is 4.79 Å². The first-order valence-corrected chi connectivity index (χ1v) is 11.2. The summed E-state index contributed by atoms with van der Waals surface area (Å²) in [6.07, 6.45) is 0. The van der Waals surface area contributed by atoms with Crippen LogP contribution in [0.2, 0.25) is 0 Å². The summed E-state index contributed by atoms with van der Waals surface area (Å²) < 4.78 is 14.4. The number of aromatic nitrogens is 2. The van der Waals surface area contributed by atoms with E-state index in [9.17, 15) is 9.18 Å². The number of carbonyl (C=O) groups is 1. The molecule has 0 aliphatic rings. The van der Waals surface area contributed by atoms with E-state index in [1.54, 1.807) is 23.1 Å². The first kappa shape index (κ1) is 20.3. The molecule has 0 aliphatic heterocycles. The van der Waals surface area contributed by atoms with E-state index in [1.165, 1.54) is 29.2 Å². The van der Waals surface area contributed by atoms with Crippen LogP contribution >= 0.6 is 23.1 Å². The van der Waals surface area contributed by atoms with Crippen molar-refractivity contribution in [2.24, 2.45) is 0 Å². The van der Waals surface area contributed by atoms with Gasteiger partial charge in [-0.05, 0) is 30.5 Å². The molecule has 1 aromatic heterocycles. The van der Waals surface area contributed by atoms with Crippen molar-refractivity contribution in [1.82, 2.24) is 10.2 Å². The smallest absolute Gasteiger partial charge is 0.237 e. The first-order valence-electron chi connectivity index (χ1n) is 9.41. The highest BCUT2D eigenvalue weighted by molar-refractivity contribution is 8.01. The molecule has 1 heterocycles. The minimum atomic E-state index is -0.356. The van der Waals surface area contributed by atoms with Crippen LogP contribution in [-0.2, 0) is 4.79 Å². The van der Waals surface area contributed by atoms with Crippen LogP contribution in [0.3, 0.4) is 0 Å². The van der Waals surface area contributed by atoms with Crippen LogP contribution in [0, 0.1) is 5.82 Å². The SMILES string of the molecule is CCN(C(=O)CSc1nnc(Nc2ccccc2F)s1)c1cccc2ccccc12. The Bertz CT molecular complexity index is 1180. The van der Waals surface area contributed by atoms with Crippen LogP contribution in [-0.4, -0.2) is 28.4 Å². The number of nitrogens with zero attached hydrogens (tertiary/aromatic N) is 3. The predicted molar refractivity (Wildman–Crippen MR) is 122 cm³/mol. The maximum absolute atomic E-state index is 13.8. The number of anilines is 3. The highest BCUT2D eigenvalue weighted by Gasteiger charge is 2.17. The van der Waals surface area contributed by atoms with Crippen molar-refractivity contribution < 1.29 is 9.18 Å². The van der Waals surface area contributed by atoms with Gasteiger partial charge in [0.2, 0.25) is 11.0 Å². The van der Waals surface area contributed by atoms with Crippen LogP contribution in [0.4, 0.5) is 20.9 Å². The number of halogens is 1. The van der Waals surface area contributed by atoms with Gasteiger partial charge in [-0.15, -0.1) is 10.2 Å².